The molecule has 0 unspecified atom stereocenters. The van der Waals surface area contributed by atoms with E-state index < -0.39 is 0 Å². The van der Waals surface area contributed by atoms with Crippen LogP contribution in [0.2, 0.25) is 0 Å². The fourth-order valence-corrected chi connectivity index (χ4v) is 0.841. The molecule has 0 saturated heterocycles. The molecule has 11 heavy (non-hydrogen) atoms. The molecular weight excluding hydrogens is 162 g/mol. The van der Waals surface area contributed by atoms with E-state index in [1.807, 2.05) is 6.92 Å². The zero-order chi connectivity index (χ0) is 8.10. The van der Waals surface area contributed by atoms with Gasteiger partial charge in [-0.1, -0.05) is 0 Å². The predicted octanol–water partition coefficient (Wildman–Crippen LogP) is 1.44. The summed E-state index contributed by atoms with van der Waals surface area (Å²) in [5.74, 6) is 1.39. The number of nitrogens with zero attached hydrogens (tertiary/aromatic N) is 2. The normalized spacial score (nSPS) is 9.64. The Bertz CT molecular complexity index is 227. The Hall–Kier alpha value is -0.830. The van der Waals surface area contributed by atoms with E-state index in [9.17, 15) is 0 Å². The molecule has 0 fully saturated rings. The van der Waals surface area contributed by atoms with Gasteiger partial charge < -0.3 is 5.32 Å². The zero-order valence-corrected chi connectivity index (χ0v) is 7.10. The molecule has 0 aliphatic rings. The lowest BCUT2D eigenvalue weighted by Gasteiger charge is -2.03. The van der Waals surface area contributed by atoms with Crippen molar-refractivity contribution in [1.82, 2.24) is 9.97 Å². The standard InChI is InChI=1S/C7H10ClN3/c1-6-7(10-3-2-8)11-5-4-9-6/h4-5H,2-3H2,1H3,(H,10,11). The number of aromatic nitrogens is 2. The van der Waals surface area contributed by atoms with E-state index >= 15 is 0 Å². The SMILES string of the molecule is Cc1nccnc1NCCCl. The molecule has 1 rings (SSSR count). The third kappa shape index (κ3) is 2.35. The van der Waals surface area contributed by atoms with Crippen LogP contribution in [0.5, 0.6) is 0 Å². The van der Waals surface area contributed by atoms with Crippen molar-refractivity contribution in [2.75, 3.05) is 17.7 Å². The first-order valence-corrected chi connectivity index (χ1v) is 3.95. The number of hydrogen-bond acceptors (Lipinski definition) is 3. The summed E-state index contributed by atoms with van der Waals surface area (Å²) in [5.41, 5.74) is 0.901. The summed E-state index contributed by atoms with van der Waals surface area (Å²) in [6.45, 7) is 2.63. The van der Waals surface area contributed by atoms with Gasteiger partial charge in [0.15, 0.2) is 0 Å². The number of aryl methyl sites for hydroxylation is 1. The Kier molecular flexibility index (Phi) is 3.11. The highest BCUT2D eigenvalue weighted by Crippen LogP contribution is 2.04. The van der Waals surface area contributed by atoms with Crippen LogP contribution in [0.15, 0.2) is 12.4 Å². The number of alkyl halides is 1. The van der Waals surface area contributed by atoms with Crippen LogP contribution in [0.4, 0.5) is 5.82 Å². The average Bonchev–Trinajstić information content (AvgIpc) is 2.03. The van der Waals surface area contributed by atoms with E-state index in [2.05, 4.69) is 15.3 Å². The van der Waals surface area contributed by atoms with Gasteiger partial charge in [-0.05, 0) is 6.92 Å². The highest BCUT2D eigenvalue weighted by atomic mass is 35.5. The zero-order valence-electron chi connectivity index (χ0n) is 6.34. The Morgan fingerprint density at radius 2 is 2.18 bits per heavy atom. The Morgan fingerprint density at radius 3 is 2.82 bits per heavy atom. The van der Waals surface area contributed by atoms with Gasteiger partial charge in [0.1, 0.15) is 5.82 Å². The van der Waals surface area contributed by atoms with Gasteiger partial charge in [-0.25, -0.2) is 4.98 Å². The van der Waals surface area contributed by atoms with Crippen LogP contribution in [0.25, 0.3) is 0 Å². The maximum absolute atomic E-state index is 5.49. The van der Waals surface area contributed by atoms with Crippen molar-refractivity contribution in [3.05, 3.63) is 18.1 Å². The van der Waals surface area contributed by atoms with Crippen LogP contribution in [0.1, 0.15) is 5.69 Å². The lowest BCUT2D eigenvalue weighted by molar-refractivity contribution is 1.07. The fourth-order valence-electron chi connectivity index (χ4n) is 0.747. The predicted molar refractivity (Wildman–Crippen MR) is 46.0 cm³/mol. The number of halogens is 1. The monoisotopic (exact) mass is 171 g/mol. The van der Waals surface area contributed by atoms with Crippen molar-refractivity contribution in [3.8, 4) is 0 Å². The molecule has 0 amide bonds. The van der Waals surface area contributed by atoms with E-state index in [4.69, 9.17) is 11.6 Å². The lowest BCUT2D eigenvalue weighted by Crippen LogP contribution is -2.06. The first-order chi connectivity index (χ1) is 5.34. The van der Waals surface area contributed by atoms with Crippen LogP contribution >= 0.6 is 11.6 Å². The van der Waals surface area contributed by atoms with Crippen LogP contribution < -0.4 is 5.32 Å². The average molecular weight is 172 g/mol. The number of rotatable bonds is 3. The van der Waals surface area contributed by atoms with Gasteiger partial charge in [0.05, 0.1) is 5.69 Å². The van der Waals surface area contributed by atoms with Crippen LogP contribution in [0.3, 0.4) is 0 Å². The molecule has 0 bridgehead atoms. The number of hydrogen-bond donors (Lipinski definition) is 1. The van der Waals surface area contributed by atoms with Crippen LogP contribution in [-0.2, 0) is 0 Å². The van der Waals surface area contributed by atoms with Gasteiger partial charge in [-0.15, -0.1) is 11.6 Å². The summed E-state index contributed by atoms with van der Waals surface area (Å²) in [5, 5.41) is 3.06. The summed E-state index contributed by atoms with van der Waals surface area (Å²) in [4.78, 5) is 8.15. The van der Waals surface area contributed by atoms with Gasteiger partial charge in [0.2, 0.25) is 0 Å². The summed E-state index contributed by atoms with van der Waals surface area (Å²) >= 11 is 5.49. The van der Waals surface area contributed by atoms with E-state index in [0.717, 1.165) is 18.1 Å². The Morgan fingerprint density at radius 1 is 1.45 bits per heavy atom. The molecule has 0 radical (unpaired) electrons. The minimum absolute atomic E-state index is 0.579. The largest absolute Gasteiger partial charge is 0.367 e. The second kappa shape index (κ2) is 4.13. The molecule has 0 aliphatic carbocycles. The smallest absolute Gasteiger partial charge is 0.147 e. The fraction of sp³-hybridized carbons (Fsp3) is 0.429. The van der Waals surface area contributed by atoms with E-state index in [-0.39, 0.29) is 0 Å². The maximum atomic E-state index is 5.49. The molecule has 4 heteroatoms. The highest BCUT2D eigenvalue weighted by molar-refractivity contribution is 6.18. The molecule has 0 atom stereocenters. The van der Waals surface area contributed by atoms with Crippen LogP contribution in [0, 0.1) is 6.92 Å². The second-order valence-electron chi connectivity index (χ2n) is 2.11. The molecule has 3 nitrogen and oxygen atoms in total. The van der Waals surface area contributed by atoms with Crippen LogP contribution in [-0.4, -0.2) is 22.4 Å². The number of nitrogens with one attached hydrogen (secondary N) is 1. The van der Waals surface area contributed by atoms with E-state index in [1.54, 1.807) is 12.4 Å². The van der Waals surface area contributed by atoms with Crippen molar-refractivity contribution in [2.24, 2.45) is 0 Å². The van der Waals surface area contributed by atoms with Gasteiger partial charge in [-0.3, -0.25) is 4.98 Å². The highest BCUT2D eigenvalue weighted by Gasteiger charge is 1.95. The Labute approximate surface area is 70.8 Å². The first-order valence-electron chi connectivity index (χ1n) is 3.42. The van der Waals surface area contributed by atoms with Crippen molar-refractivity contribution in [3.63, 3.8) is 0 Å². The molecule has 0 aromatic carbocycles. The van der Waals surface area contributed by atoms with E-state index in [0.29, 0.717) is 5.88 Å². The molecule has 1 heterocycles. The molecule has 1 aromatic heterocycles. The van der Waals surface area contributed by atoms with Gasteiger partial charge in [0, 0.05) is 24.8 Å². The summed E-state index contributed by atoms with van der Waals surface area (Å²) < 4.78 is 0. The molecule has 1 aromatic rings. The molecule has 60 valence electrons. The quantitative estimate of drug-likeness (QED) is 0.700. The van der Waals surface area contributed by atoms with Gasteiger partial charge in [0.25, 0.3) is 0 Å². The van der Waals surface area contributed by atoms with Gasteiger partial charge >= 0.3 is 0 Å². The second-order valence-corrected chi connectivity index (χ2v) is 2.48. The van der Waals surface area contributed by atoms with Crippen molar-refractivity contribution < 1.29 is 0 Å². The third-order valence-electron chi connectivity index (χ3n) is 1.27. The summed E-state index contributed by atoms with van der Waals surface area (Å²) in [7, 11) is 0. The van der Waals surface area contributed by atoms with Crippen molar-refractivity contribution in [1.29, 1.82) is 0 Å². The van der Waals surface area contributed by atoms with Crippen molar-refractivity contribution >= 4 is 17.4 Å². The molecule has 1 N–H and O–H groups in total. The van der Waals surface area contributed by atoms with E-state index in [1.165, 1.54) is 0 Å². The molecule has 0 saturated carbocycles. The topological polar surface area (TPSA) is 37.8 Å². The first kappa shape index (κ1) is 8.27. The molecule has 0 aliphatic heterocycles. The third-order valence-corrected chi connectivity index (χ3v) is 1.46. The molecule has 0 spiro atoms. The minimum Gasteiger partial charge on any atom is -0.367 e. The lowest BCUT2D eigenvalue weighted by atomic mass is 10.4. The Balaban J connectivity index is 2.62. The minimum atomic E-state index is 0.579. The number of anilines is 1. The van der Waals surface area contributed by atoms with Gasteiger partial charge in [-0.2, -0.15) is 0 Å². The summed E-state index contributed by atoms with van der Waals surface area (Å²) in [6.07, 6.45) is 3.32. The maximum Gasteiger partial charge on any atom is 0.147 e. The summed E-state index contributed by atoms with van der Waals surface area (Å²) in [6, 6.07) is 0. The molecular formula is C7H10ClN3. The van der Waals surface area contributed by atoms with Crippen molar-refractivity contribution in [2.45, 2.75) is 6.92 Å².